The molecule has 104 valence electrons. The van der Waals surface area contributed by atoms with Crippen molar-refractivity contribution in [2.24, 2.45) is 5.73 Å². The molecule has 0 amide bonds. The summed E-state index contributed by atoms with van der Waals surface area (Å²) < 4.78 is 27.6. The fourth-order valence-corrected chi connectivity index (χ4v) is 2.57. The van der Waals surface area contributed by atoms with Gasteiger partial charge >= 0.3 is 0 Å². The second-order valence-electron chi connectivity index (χ2n) is 4.24. The van der Waals surface area contributed by atoms with Crippen LogP contribution >= 0.6 is 28.1 Å². The minimum Gasteiger partial charge on any atom is -0.389 e. The SMILES string of the molecule is Cc1cc(Nc2ccc(C(N)=S)c(Br)c2F)ccc1F. The lowest BCUT2D eigenvalue weighted by atomic mass is 10.1. The molecule has 0 heterocycles. The maximum Gasteiger partial charge on any atom is 0.161 e. The van der Waals surface area contributed by atoms with Crippen LogP contribution in [-0.2, 0) is 0 Å². The van der Waals surface area contributed by atoms with Crippen molar-refractivity contribution in [1.82, 2.24) is 0 Å². The standard InChI is InChI=1S/C14H11BrF2N2S/c1-7-6-8(2-4-10(7)16)19-11-5-3-9(14(18)20)12(15)13(11)17/h2-6,19H,1H3,(H2,18,20). The maximum absolute atomic E-state index is 14.2. The van der Waals surface area contributed by atoms with Gasteiger partial charge in [0.2, 0.25) is 0 Å². The molecule has 0 fully saturated rings. The Morgan fingerprint density at radius 1 is 1.25 bits per heavy atom. The van der Waals surface area contributed by atoms with Crippen LogP contribution < -0.4 is 11.1 Å². The largest absolute Gasteiger partial charge is 0.389 e. The van der Waals surface area contributed by atoms with E-state index in [-0.39, 0.29) is 21.0 Å². The molecule has 0 aromatic heterocycles. The van der Waals surface area contributed by atoms with Gasteiger partial charge < -0.3 is 11.1 Å². The molecule has 0 atom stereocenters. The summed E-state index contributed by atoms with van der Waals surface area (Å²) >= 11 is 7.96. The van der Waals surface area contributed by atoms with Gasteiger partial charge in [-0.15, -0.1) is 0 Å². The highest BCUT2D eigenvalue weighted by Crippen LogP contribution is 2.29. The van der Waals surface area contributed by atoms with E-state index >= 15 is 0 Å². The van der Waals surface area contributed by atoms with Crippen molar-refractivity contribution in [2.45, 2.75) is 6.92 Å². The molecule has 6 heteroatoms. The van der Waals surface area contributed by atoms with Gasteiger partial charge in [0.05, 0.1) is 10.2 Å². The first-order valence-corrected chi connectivity index (χ1v) is 6.91. The van der Waals surface area contributed by atoms with Gasteiger partial charge in [0.25, 0.3) is 0 Å². The third kappa shape index (κ3) is 2.96. The van der Waals surface area contributed by atoms with Gasteiger partial charge in [-0.1, -0.05) is 12.2 Å². The summed E-state index contributed by atoms with van der Waals surface area (Å²) in [5.41, 5.74) is 7.25. The van der Waals surface area contributed by atoms with Crippen LogP contribution in [0, 0.1) is 18.6 Å². The number of aryl methyl sites for hydroxylation is 1. The van der Waals surface area contributed by atoms with Gasteiger partial charge in [0, 0.05) is 11.3 Å². The summed E-state index contributed by atoms with van der Waals surface area (Å²) in [4.78, 5) is 0.111. The molecular formula is C14H11BrF2N2S. The maximum atomic E-state index is 14.2. The second kappa shape index (κ2) is 5.85. The van der Waals surface area contributed by atoms with Crippen LogP contribution in [0.25, 0.3) is 0 Å². The van der Waals surface area contributed by atoms with Gasteiger partial charge in [-0.2, -0.15) is 0 Å². The van der Waals surface area contributed by atoms with Gasteiger partial charge in [-0.05, 0) is 58.7 Å². The first-order chi connectivity index (χ1) is 9.40. The Bertz CT molecular complexity index is 689. The fraction of sp³-hybridized carbons (Fsp3) is 0.0714. The number of rotatable bonds is 3. The van der Waals surface area contributed by atoms with Crippen molar-refractivity contribution in [3.8, 4) is 0 Å². The number of benzene rings is 2. The molecule has 20 heavy (non-hydrogen) atoms. The van der Waals surface area contributed by atoms with E-state index in [1.165, 1.54) is 18.2 Å². The molecule has 0 aliphatic rings. The van der Waals surface area contributed by atoms with E-state index in [1.807, 2.05) is 0 Å². The Labute approximate surface area is 129 Å². The molecular weight excluding hydrogens is 346 g/mol. The number of nitrogens with one attached hydrogen (secondary N) is 1. The number of anilines is 2. The zero-order valence-corrected chi connectivity index (χ0v) is 12.9. The fourth-order valence-electron chi connectivity index (χ4n) is 1.71. The van der Waals surface area contributed by atoms with Crippen LogP contribution in [0.2, 0.25) is 0 Å². The third-order valence-corrected chi connectivity index (χ3v) is 3.78. The summed E-state index contributed by atoms with van der Waals surface area (Å²) in [6, 6.07) is 7.62. The molecule has 0 radical (unpaired) electrons. The van der Waals surface area contributed by atoms with E-state index < -0.39 is 5.82 Å². The van der Waals surface area contributed by atoms with Crippen LogP contribution in [0.3, 0.4) is 0 Å². The number of hydrogen-bond donors (Lipinski definition) is 2. The van der Waals surface area contributed by atoms with Gasteiger partial charge in [0.1, 0.15) is 10.8 Å². The van der Waals surface area contributed by atoms with Crippen LogP contribution in [0.1, 0.15) is 11.1 Å². The van der Waals surface area contributed by atoms with Crippen LogP contribution in [0.4, 0.5) is 20.2 Å². The van der Waals surface area contributed by atoms with Crippen molar-refractivity contribution < 1.29 is 8.78 Å². The van der Waals surface area contributed by atoms with Crippen LogP contribution in [0.5, 0.6) is 0 Å². The molecule has 2 aromatic carbocycles. The van der Waals surface area contributed by atoms with E-state index in [2.05, 4.69) is 21.2 Å². The lowest BCUT2D eigenvalue weighted by Crippen LogP contribution is -2.11. The number of thiocarbonyl (C=S) groups is 1. The first-order valence-electron chi connectivity index (χ1n) is 5.71. The molecule has 0 saturated carbocycles. The van der Waals surface area contributed by atoms with Crippen molar-refractivity contribution in [3.05, 3.63) is 57.6 Å². The summed E-state index contributed by atoms with van der Waals surface area (Å²) in [5, 5.41) is 2.89. The van der Waals surface area contributed by atoms with Gasteiger partial charge in [-0.25, -0.2) is 8.78 Å². The topological polar surface area (TPSA) is 38.0 Å². The molecule has 0 unspecified atom stereocenters. The number of halogens is 3. The summed E-state index contributed by atoms with van der Waals surface area (Å²) in [6.07, 6.45) is 0. The molecule has 0 bridgehead atoms. The lowest BCUT2D eigenvalue weighted by molar-refractivity contribution is 0.618. The number of hydrogen-bond acceptors (Lipinski definition) is 2. The van der Waals surface area contributed by atoms with Crippen molar-refractivity contribution >= 4 is 44.5 Å². The molecule has 3 N–H and O–H groups in total. The van der Waals surface area contributed by atoms with E-state index in [4.69, 9.17) is 18.0 Å². The van der Waals surface area contributed by atoms with Gasteiger partial charge in [0.15, 0.2) is 5.82 Å². The highest BCUT2D eigenvalue weighted by atomic mass is 79.9. The summed E-state index contributed by atoms with van der Waals surface area (Å²) in [6.45, 7) is 1.64. The predicted octanol–water partition coefficient (Wildman–Crippen LogP) is 4.41. The molecule has 2 aromatic rings. The molecule has 2 nitrogen and oxygen atoms in total. The van der Waals surface area contributed by atoms with E-state index in [1.54, 1.807) is 19.1 Å². The first kappa shape index (κ1) is 14.9. The molecule has 0 aliphatic heterocycles. The van der Waals surface area contributed by atoms with E-state index in [9.17, 15) is 8.78 Å². The molecule has 0 saturated heterocycles. The Balaban J connectivity index is 2.37. The van der Waals surface area contributed by atoms with E-state index in [0.717, 1.165) is 0 Å². The minimum atomic E-state index is -0.503. The monoisotopic (exact) mass is 356 g/mol. The Morgan fingerprint density at radius 2 is 1.95 bits per heavy atom. The number of nitrogens with two attached hydrogens (primary N) is 1. The Kier molecular flexibility index (Phi) is 4.35. The van der Waals surface area contributed by atoms with Crippen LogP contribution in [0.15, 0.2) is 34.8 Å². The van der Waals surface area contributed by atoms with Crippen molar-refractivity contribution in [1.29, 1.82) is 0 Å². The normalized spacial score (nSPS) is 10.4. The molecule has 0 spiro atoms. The molecule has 2 rings (SSSR count). The third-order valence-electron chi connectivity index (χ3n) is 2.78. The smallest absolute Gasteiger partial charge is 0.161 e. The van der Waals surface area contributed by atoms with E-state index in [0.29, 0.717) is 16.8 Å². The highest BCUT2D eigenvalue weighted by molar-refractivity contribution is 9.10. The minimum absolute atomic E-state index is 0.111. The summed E-state index contributed by atoms with van der Waals surface area (Å²) in [7, 11) is 0. The Morgan fingerprint density at radius 3 is 2.55 bits per heavy atom. The Hall–Kier alpha value is -1.53. The van der Waals surface area contributed by atoms with Gasteiger partial charge in [-0.3, -0.25) is 0 Å². The average Bonchev–Trinajstić information content (AvgIpc) is 2.39. The highest BCUT2D eigenvalue weighted by Gasteiger charge is 2.13. The van der Waals surface area contributed by atoms with Crippen molar-refractivity contribution in [2.75, 3.05) is 5.32 Å². The predicted molar refractivity (Wildman–Crippen MR) is 84.4 cm³/mol. The van der Waals surface area contributed by atoms with Crippen molar-refractivity contribution in [3.63, 3.8) is 0 Å². The quantitative estimate of drug-likeness (QED) is 0.799. The molecule has 0 aliphatic carbocycles. The summed E-state index contributed by atoms with van der Waals surface area (Å²) in [5.74, 6) is -0.807. The second-order valence-corrected chi connectivity index (χ2v) is 5.47. The zero-order chi connectivity index (χ0) is 14.9. The lowest BCUT2D eigenvalue weighted by Gasteiger charge is -2.12. The zero-order valence-electron chi connectivity index (χ0n) is 10.5. The van der Waals surface area contributed by atoms with Crippen LogP contribution in [-0.4, -0.2) is 4.99 Å². The average molecular weight is 357 g/mol.